The molecule has 0 radical (unpaired) electrons. The van der Waals surface area contributed by atoms with Gasteiger partial charge in [0.05, 0.1) is 12.0 Å². The maximum absolute atomic E-state index is 12.4. The van der Waals surface area contributed by atoms with E-state index in [2.05, 4.69) is 0 Å². The minimum Gasteiger partial charge on any atom is -0.352 e. The lowest BCUT2D eigenvalue weighted by atomic mass is 10.1. The predicted octanol–water partition coefficient (Wildman–Crippen LogP) is 3.39. The highest BCUT2D eigenvalue weighted by molar-refractivity contribution is 5.94. The molecule has 0 aromatic heterocycles. The molecule has 1 aromatic rings. The van der Waals surface area contributed by atoms with Crippen LogP contribution in [0, 0.1) is 0 Å². The largest absolute Gasteiger partial charge is 0.416 e. The van der Waals surface area contributed by atoms with Crippen LogP contribution in [0.1, 0.15) is 22.3 Å². The first-order chi connectivity index (χ1) is 8.59. The molecule has 0 bridgehead atoms. The van der Waals surface area contributed by atoms with E-state index in [1.807, 2.05) is 5.32 Å². The summed E-state index contributed by atoms with van der Waals surface area (Å²) in [4.78, 5) is 11.4. The van der Waals surface area contributed by atoms with E-state index in [9.17, 15) is 31.1 Å². The standard InChI is InChI=1S/C11H9F6NO/c12-10(13,14)4-5-18-9(19)7-2-1-3-8(6-7)11(15,16)17/h1-3,6H,4-5H2,(H,18,19). The van der Waals surface area contributed by atoms with Crippen molar-refractivity contribution in [2.75, 3.05) is 6.54 Å². The number of alkyl halides is 6. The molecule has 2 nitrogen and oxygen atoms in total. The van der Waals surface area contributed by atoms with Crippen LogP contribution in [0.25, 0.3) is 0 Å². The Balaban J connectivity index is 2.68. The summed E-state index contributed by atoms with van der Waals surface area (Å²) in [6.07, 6.45) is -10.3. The van der Waals surface area contributed by atoms with E-state index in [0.29, 0.717) is 6.07 Å². The van der Waals surface area contributed by atoms with Crippen molar-refractivity contribution in [1.82, 2.24) is 5.32 Å². The first-order valence-electron chi connectivity index (χ1n) is 5.12. The van der Waals surface area contributed by atoms with Crippen molar-refractivity contribution in [2.45, 2.75) is 18.8 Å². The highest BCUT2D eigenvalue weighted by Crippen LogP contribution is 2.29. The number of nitrogens with one attached hydrogen (secondary N) is 1. The van der Waals surface area contributed by atoms with Gasteiger partial charge in [0.1, 0.15) is 0 Å². The molecule has 1 amide bonds. The van der Waals surface area contributed by atoms with Crippen molar-refractivity contribution >= 4 is 5.91 Å². The van der Waals surface area contributed by atoms with Gasteiger partial charge in [-0.2, -0.15) is 26.3 Å². The Bertz CT molecular complexity index is 451. The number of carbonyl (C=O) groups is 1. The second-order valence-electron chi connectivity index (χ2n) is 3.70. The first kappa shape index (κ1) is 15.3. The van der Waals surface area contributed by atoms with Crippen LogP contribution in [-0.4, -0.2) is 18.6 Å². The van der Waals surface area contributed by atoms with Gasteiger partial charge in [-0.05, 0) is 18.2 Å². The van der Waals surface area contributed by atoms with Crippen molar-refractivity contribution in [2.24, 2.45) is 0 Å². The highest BCUT2D eigenvalue weighted by atomic mass is 19.4. The van der Waals surface area contributed by atoms with Gasteiger partial charge < -0.3 is 5.32 Å². The fraction of sp³-hybridized carbons (Fsp3) is 0.364. The molecular weight excluding hydrogens is 276 g/mol. The molecule has 0 atom stereocenters. The summed E-state index contributed by atoms with van der Waals surface area (Å²) in [5.74, 6) is -0.977. The zero-order valence-electron chi connectivity index (χ0n) is 9.40. The molecular formula is C11H9F6NO. The normalized spacial score (nSPS) is 12.3. The Morgan fingerprint density at radius 2 is 1.74 bits per heavy atom. The molecule has 1 rings (SSSR count). The summed E-state index contributed by atoms with van der Waals surface area (Å²) < 4.78 is 72.6. The lowest BCUT2D eigenvalue weighted by molar-refractivity contribution is -0.137. The fourth-order valence-corrected chi connectivity index (χ4v) is 1.26. The Labute approximate surface area is 104 Å². The lowest BCUT2D eigenvalue weighted by Gasteiger charge is -2.10. The summed E-state index contributed by atoms with van der Waals surface area (Å²) >= 11 is 0. The number of carbonyl (C=O) groups excluding carboxylic acids is 1. The van der Waals surface area contributed by atoms with E-state index >= 15 is 0 Å². The van der Waals surface area contributed by atoms with Crippen LogP contribution in [0.5, 0.6) is 0 Å². The van der Waals surface area contributed by atoms with Crippen molar-refractivity contribution in [3.63, 3.8) is 0 Å². The Kier molecular flexibility index (Phi) is 4.43. The third-order valence-electron chi connectivity index (χ3n) is 2.15. The van der Waals surface area contributed by atoms with Gasteiger partial charge in [0.15, 0.2) is 0 Å². The number of halogens is 6. The average molecular weight is 285 g/mol. The van der Waals surface area contributed by atoms with E-state index in [1.165, 1.54) is 0 Å². The molecule has 19 heavy (non-hydrogen) atoms. The van der Waals surface area contributed by atoms with Gasteiger partial charge in [-0.1, -0.05) is 6.07 Å². The van der Waals surface area contributed by atoms with E-state index in [4.69, 9.17) is 0 Å². The summed E-state index contributed by atoms with van der Waals surface area (Å²) in [7, 11) is 0. The molecule has 8 heteroatoms. The monoisotopic (exact) mass is 285 g/mol. The number of hydrogen-bond donors (Lipinski definition) is 1. The van der Waals surface area contributed by atoms with Gasteiger partial charge in [0.25, 0.3) is 5.91 Å². The van der Waals surface area contributed by atoms with Crippen molar-refractivity contribution < 1.29 is 31.1 Å². The number of rotatable bonds is 3. The fourth-order valence-electron chi connectivity index (χ4n) is 1.26. The van der Waals surface area contributed by atoms with Gasteiger partial charge in [-0.15, -0.1) is 0 Å². The van der Waals surface area contributed by atoms with E-state index < -0.39 is 36.8 Å². The van der Waals surface area contributed by atoms with E-state index in [0.717, 1.165) is 18.2 Å². The van der Waals surface area contributed by atoms with Gasteiger partial charge in [-0.25, -0.2) is 0 Å². The molecule has 0 saturated carbocycles. The first-order valence-corrected chi connectivity index (χ1v) is 5.12. The molecule has 0 aliphatic rings. The summed E-state index contributed by atoms with van der Waals surface area (Å²) in [5, 5.41) is 1.91. The Morgan fingerprint density at radius 3 is 2.26 bits per heavy atom. The zero-order valence-corrected chi connectivity index (χ0v) is 9.40. The van der Waals surface area contributed by atoms with Crippen LogP contribution in [0.4, 0.5) is 26.3 Å². The van der Waals surface area contributed by atoms with Crippen molar-refractivity contribution in [1.29, 1.82) is 0 Å². The number of hydrogen-bond acceptors (Lipinski definition) is 1. The molecule has 1 aromatic carbocycles. The summed E-state index contributed by atoms with van der Waals surface area (Å²) in [5.41, 5.74) is -1.37. The molecule has 0 unspecified atom stereocenters. The average Bonchev–Trinajstić information content (AvgIpc) is 2.26. The SMILES string of the molecule is O=C(NCCC(F)(F)F)c1cccc(C(F)(F)F)c1. The third-order valence-corrected chi connectivity index (χ3v) is 2.15. The van der Waals surface area contributed by atoms with Crippen LogP contribution in [0.3, 0.4) is 0 Å². The van der Waals surface area contributed by atoms with E-state index in [1.54, 1.807) is 0 Å². The number of amides is 1. The van der Waals surface area contributed by atoms with Crippen LogP contribution < -0.4 is 5.32 Å². The lowest BCUT2D eigenvalue weighted by Crippen LogP contribution is -2.28. The molecule has 0 heterocycles. The minimum absolute atomic E-state index is 0.336. The quantitative estimate of drug-likeness (QED) is 0.847. The van der Waals surface area contributed by atoms with Crippen LogP contribution in [-0.2, 0) is 6.18 Å². The molecule has 0 saturated heterocycles. The molecule has 0 spiro atoms. The Hall–Kier alpha value is -1.73. The predicted molar refractivity (Wildman–Crippen MR) is 54.4 cm³/mol. The maximum atomic E-state index is 12.4. The van der Waals surface area contributed by atoms with Crippen molar-refractivity contribution in [3.05, 3.63) is 35.4 Å². The molecule has 106 valence electrons. The topological polar surface area (TPSA) is 29.1 Å². The number of benzene rings is 1. The van der Waals surface area contributed by atoms with Crippen LogP contribution in [0.15, 0.2) is 24.3 Å². The third kappa shape index (κ3) is 5.19. The Morgan fingerprint density at radius 1 is 1.11 bits per heavy atom. The summed E-state index contributed by atoms with van der Waals surface area (Å²) in [6, 6.07) is 3.47. The minimum atomic E-state index is -4.61. The molecule has 0 fully saturated rings. The van der Waals surface area contributed by atoms with Crippen LogP contribution >= 0.6 is 0 Å². The smallest absolute Gasteiger partial charge is 0.352 e. The zero-order chi connectivity index (χ0) is 14.7. The van der Waals surface area contributed by atoms with Crippen molar-refractivity contribution in [3.8, 4) is 0 Å². The molecule has 1 N–H and O–H groups in total. The second-order valence-corrected chi connectivity index (χ2v) is 3.70. The maximum Gasteiger partial charge on any atom is 0.416 e. The molecule has 0 aliphatic heterocycles. The second kappa shape index (κ2) is 5.50. The molecule has 0 aliphatic carbocycles. The van der Waals surface area contributed by atoms with Crippen LogP contribution in [0.2, 0.25) is 0 Å². The van der Waals surface area contributed by atoms with Gasteiger partial charge in [0, 0.05) is 12.1 Å². The highest BCUT2D eigenvalue weighted by Gasteiger charge is 2.31. The summed E-state index contributed by atoms with van der Waals surface area (Å²) in [6.45, 7) is -0.682. The van der Waals surface area contributed by atoms with Gasteiger partial charge in [0.2, 0.25) is 0 Å². The van der Waals surface area contributed by atoms with Gasteiger partial charge >= 0.3 is 12.4 Å². The van der Waals surface area contributed by atoms with Gasteiger partial charge in [-0.3, -0.25) is 4.79 Å². The van der Waals surface area contributed by atoms with E-state index in [-0.39, 0.29) is 5.56 Å².